The van der Waals surface area contributed by atoms with Gasteiger partial charge >= 0.3 is 0 Å². The lowest BCUT2D eigenvalue weighted by atomic mass is 9.85. The molecule has 0 spiro atoms. The number of rotatable bonds is 0. The highest BCUT2D eigenvalue weighted by Crippen LogP contribution is 2.34. The van der Waals surface area contributed by atoms with Gasteiger partial charge in [0.25, 0.3) is 0 Å². The van der Waals surface area contributed by atoms with Gasteiger partial charge in [0, 0.05) is 4.47 Å². The van der Waals surface area contributed by atoms with Gasteiger partial charge in [0.2, 0.25) is 0 Å². The molecule has 1 heterocycles. The van der Waals surface area contributed by atoms with E-state index >= 15 is 0 Å². The summed E-state index contributed by atoms with van der Waals surface area (Å²) in [6.45, 7) is 0. The van der Waals surface area contributed by atoms with Gasteiger partial charge in [-0.1, -0.05) is 22.0 Å². The number of benzene rings is 1. The smallest absolute Gasteiger partial charge is 0.167 e. The first-order chi connectivity index (χ1) is 7.24. The first kappa shape index (κ1) is 9.60. The van der Waals surface area contributed by atoms with E-state index in [4.69, 9.17) is 12.2 Å². The molecule has 1 aliphatic carbocycles. The zero-order valence-electron chi connectivity index (χ0n) is 8.09. The molecule has 78 valence electrons. The number of nitrogens with one attached hydrogen (secondary N) is 2. The van der Waals surface area contributed by atoms with Crippen LogP contribution in [0.4, 0.5) is 0 Å². The first-order valence-corrected chi connectivity index (χ1v) is 6.29. The molecule has 1 saturated heterocycles. The fourth-order valence-corrected chi connectivity index (χ4v) is 3.12. The molecule has 0 bridgehead atoms. The second-order valence-corrected chi connectivity index (χ2v) is 5.41. The predicted molar refractivity (Wildman–Crippen MR) is 67.9 cm³/mol. The normalized spacial score (nSPS) is 27.7. The number of aryl methyl sites for hydroxylation is 1. The first-order valence-electron chi connectivity index (χ1n) is 5.09. The van der Waals surface area contributed by atoms with Gasteiger partial charge in [-0.2, -0.15) is 0 Å². The highest BCUT2D eigenvalue weighted by molar-refractivity contribution is 9.10. The molecule has 0 radical (unpaired) electrons. The molecule has 2 nitrogen and oxygen atoms in total. The summed E-state index contributed by atoms with van der Waals surface area (Å²) in [5.41, 5.74) is 2.83. The molecule has 15 heavy (non-hydrogen) atoms. The fourth-order valence-electron chi connectivity index (χ4n) is 2.46. The maximum atomic E-state index is 5.16. The van der Waals surface area contributed by atoms with Crippen molar-refractivity contribution in [1.82, 2.24) is 10.6 Å². The van der Waals surface area contributed by atoms with Crippen LogP contribution in [0.3, 0.4) is 0 Å². The lowest BCUT2D eigenvalue weighted by molar-refractivity contribution is 0.466. The quantitative estimate of drug-likeness (QED) is 0.714. The van der Waals surface area contributed by atoms with Crippen LogP contribution in [0.15, 0.2) is 22.7 Å². The summed E-state index contributed by atoms with van der Waals surface area (Å²) in [6, 6.07) is 7.35. The van der Waals surface area contributed by atoms with Gasteiger partial charge in [0.1, 0.15) is 0 Å². The van der Waals surface area contributed by atoms with Gasteiger partial charge in [-0.25, -0.2) is 0 Å². The highest BCUT2D eigenvalue weighted by Gasteiger charge is 2.35. The van der Waals surface area contributed by atoms with Crippen LogP contribution in [-0.2, 0) is 6.42 Å². The number of halogens is 1. The molecule has 1 aliphatic heterocycles. The maximum absolute atomic E-state index is 5.16. The minimum absolute atomic E-state index is 0.360. The van der Waals surface area contributed by atoms with Gasteiger partial charge in [0.05, 0.1) is 12.1 Å². The standard InChI is InChI=1S/C11H11BrN2S/c12-7-3-1-6-2-4-9-10(8(6)5-7)14-11(15)13-9/h1,3,5,9-10H,2,4H2,(H2,13,14,15)/t9-,10-/m1/s1. The Morgan fingerprint density at radius 1 is 1.33 bits per heavy atom. The van der Waals surface area contributed by atoms with Crippen molar-refractivity contribution >= 4 is 33.3 Å². The van der Waals surface area contributed by atoms with Crippen molar-refractivity contribution in [2.24, 2.45) is 0 Å². The number of fused-ring (bicyclic) bond motifs is 3. The molecule has 3 rings (SSSR count). The molecule has 1 fully saturated rings. The van der Waals surface area contributed by atoms with Crippen LogP contribution in [0.5, 0.6) is 0 Å². The van der Waals surface area contributed by atoms with Crippen LogP contribution >= 0.6 is 28.1 Å². The second-order valence-electron chi connectivity index (χ2n) is 4.08. The third-order valence-corrected chi connectivity index (χ3v) is 3.90. The van der Waals surface area contributed by atoms with E-state index in [0.29, 0.717) is 12.1 Å². The lowest BCUT2D eigenvalue weighted by Crippen LogP contribution is -2.31. The topological polar surface area (TPSA) is 24.1 Å². The molecule has 4 heteroatoms. The monoisotopic (exact) mass is 282 g/mol. The Labute approximate surface area is 103 Å². The molecule has 0 saturated carbocycles. The van der Waals surface area contributed by atoms with E-state index < -0.39 is 0 Å². The lowest BCUT2D eigenvalue weighted by Gasteiger charge is -2.27. The van der Waals surface area contributed by atoms with Crippen molar-refractivity contribution < 1.29 is 0 Å². The minimum atomic E-state index is 0.360. The summed E-state index contributed by atoms with van der Waals surface area (Å²) < 4.78 is 1.14. The zero-order chi connectivity index (χ0) is 10.4. The predicted octanol–water partition coefficient (Wildman–Crippen LogP) is 2.28. The molecular formula is C11H11BrN2S. The van der Waals surface area contributed by atoms with Gasteiger partial charge < -0.3 is 10.6 Å². The van der Waals surface area contributed by atoms with Gasteiger partial charge in [-0.05, 0) is 48.3 Å². The van der Waals surface area contributed by atoms with Gasteiger partial charge in [0.15, 0.2) is 5.11 Å². The summed E-state index contributed by atoms with van der Waals surface area (Å²) in [5, 5.41) is 7.45. The van der Waals surface area contributed by atoms with Crippen LogP contribution < -0.4 is 10.6 Å². The summed E-state index contributed by atoms with van der Waals surface area (Å²) in [7, 11) is 0. The van der Waals surface area contributed by atoms with Crippen LogP contribution in [0.25, 0.3) is 0 Å². The fraction of sp³-hybridized carbons (Fsp3) is 0.364. The van der Waals surface area contributed by atoms with E-state index in [1.54, 1.807) is 0 Å². The summed E-state index contributed by atoms with van der Waals surface area (Å²) in [5.74, 6) is 0. The molecule has 0 aromatic heterocycles. The molecule has 0 amide bonds. The third kappa shape index (κ3) is 1.56. The average Bonchev–Trinajstić information content (AvgIpc) is 2.58. The Morgan fingerprint density at radius 2 is 2.20 bits per heavy atom. The molecule has 2 atom stereocenters. The molecule has 0 unspecified atom stereocenters. The number of hydrogen-bond acceptors (Lipinski definition) is 1. The summed E-state index contributed by atoms with van der Waals surface area (Å²) in [4.78, 5) is 0. The second kappa shape index (κ2) is 3.46. The molecule has 2 N–H and O–H groups in total. The Morgan fingerprint density at radius 3 is 3.07 bits per heavy atom. The van der Waals surface area contributed by atoms with Crippen molar-refractivity contribution in [2.75, 3.05) is 0 Å². The van der Waals surface area contributed by atoms with E-state index in [1.165, 1.54) is 11.1 Å². The maximum Gasteiger partial charge on any atom is 0.167 e. The largest absolute Gasteiger partial charge is 0.358 e. The van der Waals surface area contributed by atoms with E-state index in [1.807, 2.05) is 0 Å². The molecule has 1 aromatic carbocycles. The van der Waals surface area contributed by atoms with E-state index in [9.17, 15) is 0 Å². The number of hydrogen-bond donors (Lipinski definition) is 2. The summed E-state index contributed by atoms with van der Waals surface area (Å²) >= 11 is 8.68. The van der Waals surface area contributed by atoms with Crippen LogP contribution in [-0.4, -0.2) is 11.2 Å². The van der Waals surface area contributed by atoms with Crippen molar-refractivity contribution in [3.8, 4) is 0 Å². The Bertz CT molecular complexity index is 433. The zero-order valence-corrected chi connectivity index (χ0v) is 10.5. The Kier molecular flexibility index (Phi) is 2.21. The molecule has 1 aromatic rings. The average molecular weight is 283 g/mol. The van der Waals surface area contributed by atoms with Gasteiger partial charge in [-0.15, -0.1) is 0 Å². The van der Waals surface area contributed by atoms with Crippen LogP contribution in [0, 0.1) is 0 Å². The van der Waals surface area contributed by atoms with Gasteiger partial charge in [-0.3, -0.25) is 0 Å². The Hall–Kier alpha value is -0.610. The van der Waals surface area contributed by atoms with E-state index in [-0.39, 0.29) is 0 Å². The van der Waals surface area contributed by atoms with Crippen molar-refractivity contribution in [3.63, 3.8) is 0 Å². The van der Waals surface area contributed by atoms with Crippen LogP contribution in [0.1, 0.15) is 23.6 Å². The third-order valence-electron chi connectivity index (χ3n) is 3.17. The number of thiocarbonyl (C=S) groups is 1. The van der Waals surface area contributed by atoms with Crippen molar-refractivity contribution in [1.29, 1.82) is 0 Å². The molecular weight excluding hydrogens is 272 g/mol. The van der Waals surface area contributed by atoms with E-state index in [2.05, 4.69) is 44.8 Å². The SMILES string of the molecule is S=C1N[C@@H]2c3cc(Br)ccc3CC[C@H]2N1. The summed E-state index contributed by atoms with van der Waals surface area (Å²) in [6.07, 6.45) is 2.30. The van der Waals surface area contributed by atoms with Crippen molar-refractivity contribution in [3.05, 3.63) is 33.8 Å². The van der Waals surface area contributed by atoms with Crippen LogP contribution in [0.2, 0.25) is 0 Å². The minimum Gasteiger partial charge on any atom is -0.358 e. The molecule has 2 aliphatic rings. The highest BCUT2D eigenvalue weighted by atomic mass is 79.9. The van der Waals surface area contributed by atoms with Crippen molar-refractivity contribution in [2.45, 2.75) is 24.9 Å². The Balaban J connectivity index is 2.06. The van der Waals surface area contributed by atoms with E-state index in [0.717, 1.165) is 22.4 Å².